The molecular formula is C15H21N3O2. The molecule has 1 saturated carbocycles. The van der Waals surface area contributed by atoms with Crippen molar-refractivity contribution in [3.8, 4) is 5.75 Å². The fourth-order valence-electron chi connectivity index (χ4n) is 2.64. The first kappa shape index (κ1) is 13.2. The van der Waals surface area contributed by atoms with Crippen LogP contribution in [-0.4, -0.2) is 47.1 Å². The van der Waals surface area contributed by atoms with E-state index in [2.05, 4.69) is 9.88 Å². The molecule has 20 heavy (non-hydrogen) atoms. The van der Waals surface area contributed by atoms with Gasteiger partial charge in [-0.05, 0) is 24.5 Å². The monoisotopic (exact) mass is 275 g/mol. The highest BCUT2D eigenvalue weighted by molar-refractivity contribution is 5.76. The Morgan fingerprint density at radius 2 is 2.00 bits per heavy atom. The van der Waals surface area contributed by atoms with Gasteiger partial charge in [-0.15, -0.1) is 0 Å². The van der Waals surface area contributed by atoms with Crippen LogP contribution in [0.15, 0.2) is 18.3 Å². The van der Waals surface area contributed by atoms with E-state index in [9.17, 15) is 9.90 Å². The molecule has 3 rings (SSSR count). The minimum atomic E-state index is 0.183. The van der Waals surface area contributed by atoms with E-state index in [-0.39, 0.29) is 5.75 Å². The molecule has 0 bridgehead atoms. The normalized spacial score (nSPS) is 19.2. The molecule has 2 heterocycles. The topological polar surface area (TPSA) is 56.7 Å². The number of amides is 1. The van der Waals surface area contributed by atoms with Crippen molar-refractivity contribution in [1.82, 2.24) is 9.88 Å². The van der Waals surface area contributed by atoms with Crippen LogP contribution >= 0.6 is 0 Å². The van der Waals surface area contributed by atoms with Crippen molar-refractivity contribution in [3.05, 3.63) is 18.3 Å². The Balaban J connectivity index is 1.48. The van der Waals surface area contributed by atoms with Crippen molar-refractivity contribution in [2.45, 2.75) is 25.7 Å². The highest BCUT2D eigenvalue weighted by Gasteiger charge is 2.25. The fourth-order valence-corrected chi connectivity index (χ4v) is 2.64. The first-order chi connectivity index (χ1) is 9.72. The maximum atomic E-state index is 12.1. The Morgan fingerprint density at radius 1 is 1.25 bits per heavy atom. The first-order valence-corrected chi connectivity index (χ1v) is 7.40. The van der Waals surface area contributed by atoms with Crippen molar-refractivity contribution in [2.75, 3.05) is 31.1 Å². The van der Waals surface area contributed by atoms with E-state index in [0.717, 1.165) is 44.3 Å². The smallest absolute Gasteiger partial charge is 0.222 e. The zero-order valence-electron chi connectivity index (χ0n) is 11.7. The van der Waals surface area contributed by atoms with Crippen LogP contribution in [-0.2, 0) is 4.79 Å². The van der Waals surface area contributed by atoms with Crippen molar-refractivity contribution < 1.29 is 9.90 Å². The number of aromatic hydroxyl groups is 1. The molecule has 1 amide bonds. The van der Waals surface area contributed by atoms with Crippen LogP contribution in [0.4, 0.5) is 5.82 Å². The second-order valence-corrected chi connectivity index (χ2v) is 5.72. The van der Waals surface area contributed by atoms with Gasteiger partial charge < -0.3 is 14.9 Å². The average Bonchev–Trinajstić information content (AvgIpc) is 3.30. The number of carbonyl (C=O) groups is 1. The summed E-state index contributed by atoms with van der Waals surface area (Å²) in [6.07, 6.45) is 5.87. The zero-order chi connectivity index (χ0) is 13.9. The Labute approximate surface area is 119 Å². The van der Waals surface area contributed by atoms with Crippen LogP contribution in [0.25, 0.3) is 0 Å². The molecule has 1 N–H and O–H groups in total. The predicted octanol–water partition coefficient (Wildman–Crippen LogP) is 1.63. The van der Waals surface area contributed by atoms with E-state index in [0.29, 0.717) is 12.3 Å². The van der Waals surface area contributed by atoms with Gasteiger partial charge >= 0.3 is 0 Å². The molecule has 0 spiro atoms. The molecule has 1 saturated heterocycles. The standard InChI is InChI=1S/C15H21N3O2/c19-13-4-5-14(16-11-13)17-7-9-18(10-8-17)15(20)6-3-12-1-2-12/h4-5,11-12,19H,1-3,6-10H2. The summed E-state index contributed by atoms with van der Waals surface area (Å²) in [6, 6.07) is 3.47. The molecule has 1 aromatic heterocycles. The summed E-state index contributed by atoms with van der Waals surface area (Å²) in [4.78, 5) is 20.4. The number of nitrogens with zero attached hydrogens (tertiary/aromatic N) is 3. The molecular weight excluding hydrogens is 254 g/mol. The molecule has 2 fully saturated rings. The minimum Gasteiger partial charge on any atom is -0.506 e. The SMILES string of the molecule is O=C(CCC1CC1)N1CCN(c2ccc(O)cn2)CC1. The first-order valence-electron chi connectivity index (χ1n) is 7.40. The highest BCUT2D eigenvalue weighted by Crippen LogP contribution is 2.33. The third-order valence-electron chi connectivity index (χ3n) is 4.15. The molecule has 108 valence electrons. The highest BCUT2D eigenvalue weighted by atomic mass is 16.3. The van der Waals surface area contributed by atoms with Crippen molar-refractivity contribution >= 4 is 11.7 Å². The number of pyridine rings is 1. The van der Waals surface area contributed by atoms with Gasteiger partial charge in [0.1, 0.15) is 11.6 Å². The Hall–Kier alpha value is -1.78. The van der Waals surface area contributed by atoms with Gasteiger partial charge in [0.25, 0.3) is 0 Å². The number of hydrogen-bond donors (Lipinski definition) is 1. The van der Waals surface area contributed by atoms with Crippen molar-refractivity contribution in [1.29, 1.82) is 0 Å². The Kier molecular flexibility index (Phi) is 3.76. The summed E-state index contributed by atoms with van der Waals surface area (Å²) in [7, 11) is 0. The third-order valence-corrected chi connectivity index (χ3v) is 4.15. The molecule has 0 unspecified atom stereocenters. The Morgan fingerprint density at radius 3 is 2.60 bits per heavy atom. The van der Waals surface area contributed by atoms with Gasteiger partial charge in [0.05, 0.1) is 6.20 Å². The predicted molar refractivity (Wildman–Crippen MR) is 76.7 cm³/mol. The van der Waals surface area contributed by atoms with Gasteiger partial charge in [-0.3, -0.25) is 4.79 Å². The molecule has 1 aliphatic carbocycles. The van der Waals surface area contributed by atoms with E-state index in [1.54, 1.807) is 6.07 Å². The van der Waals surface area contributed by atoms with Gasteiger partial charge in [-0.25, -0.2) is 4.98 Å². The molecule has 1 aromatic rings. The lowest BCUT2D eigenvalue weighted by atomic mass is 10.2. The van der Waals surface area contributed by atoms with Gasteiger partial charge in [-0.2, -0.15) is 0 Å². The second kappa shape index (κ2) is 5.69. The summed E-state index contributed by atoms with van der Waals surface area (Å²) in [6.45, 7) is 3.16. The fraction of sp³-hybridized carbons (Fsp3) is 0.600. The van der Waals surface area contributed by atoms with E-state index in [1.807, 2.05) is 11.0 Å². The number of aromatic nitrogens is 1. The van der Waals surface area contributed by atoms with E-state index >= 15 is 0 Å². The summed E-state index contributed by atoms with van der Waals surface area (Å²) < 4.78 is 0. The van der Waals surface area contributed by atoms with Gasteiger partial charge in [-0.1, -0.05) is 12.8 Å². The lowest BCUT2D eigenvalue weighted by Gasteiger charge is -2.35. The minimum absolute atomic E-state index is 0.183. The summed E-state index contributed by atoms with van der Waals surface area (Å²) >= 11 is 0. The maximum Gasteiger partial charge on any atom is 0.222 e. The van der Waals surface area contributed by atoms with Gasteiger partial charge in [0.15, 0.2) is 0 Å². The largest absolute Gasteiger partial charge is 0.506 e. The van der Waals surface area contributed by atoms with Crippen LogP contribution in [0, 0.1) is 5.92 Å². The number of rotatable bonds is 4. The van der Waals surface area contributed by atoms with Crippen LogP contribution in [0.5, 0.6) is 5.75 Å². The molecule has 5 nitrogen and oxygen atoms in total. The molecule has 2 aliphatic rings. The van der Waals surface area contributed by atoms with E-state index < -0.39 is 0 Å². The Bertz CT molecular complexity index is 463. The maximum absolute atomic E-state index is 12.1. The second-order valence-electron chi connectivity index (χ2n) is 5.72. The molecule has 1 aliphatic heterocycles. The van der Waals surface area contributed by atoms with Gasteiger partial charge in [0, 0.05) is 32.6 Å². The van der Waals surface area contributed by atoms with Crippen LogP contribution in [0.3, 0.4) is 0 Å². The summed E-state index contributed by atoms with van der Waals surface area (Å²) in [5.41, 5.74) is 0. The van der Waals surface area contributed by atoms with Gasteiger partial charge in [0.2, 0.25) is 5.91 Å². The van der Waals surface area contributed by atoms with Crippen molar-refractivity contribution in [3.63, 3.8) is 0 Å². The molecule has 0 radical (unpaired) electrons. The van der Waals surface area contributed by atoms with E-state index in [4.69, 9.17) is 0 Å². The molecule has 0 aromatic carbocycles. The third kappa shape index (κ3) is 3.21. The van der Waals surface area contributed by atoms with E-state index in [1.165, 1.54) is 19.0 Å². The number of anilines is 1. The number of carbonyl (C=O) groups excluding carboxylic acids is 1. The molecule has 5 heteroatoms. The quantitative estimate of drug-likeness (QED) is 0.907. The summed E-state index contributed by atoms with van der Waals surface area (Å²) in [5.74, 6) is 2.17. The number of hydrogen-bond acceptors (Lipinski definition) is 4. The zero-order valence-corrected chi connectivity index (χ0v) is 11.7. The van der Waals surface area contributed by atoms with Crippen LogP contribution in [0.2, 0.25) is 0 Å². The lowest BCUT2D eigenvalue weighted by molar-refractivity contribution is -0.131. The summed E-state index contributed by atoms with van der Waals surface area (Å²) in [5, 5.41) is 9.24. The number of piperazine rings is 1. The molecule has 0 atom stereocenters. The van der Waals surface area contributed by atoms with Crippen LogP contribution < -0.4 is 4.90 Å². The average molecular weight is 275 g/mol. The lowest BCUT2D eigenvalue weighted by Crippen LogP contribution is -2.49. The van der Waals surface area contributed by atoms with Crippen LogP contribution in [0.1, 0.15) is 25.7 Å². The van der Waals surface area contributed by atoms with Crippen molar-refractivity contribution in [2.24, 2.45) is 5.92 Å².